The summed E-state index contributed by atoms with van der Waals surface area (Å²) in [7, 11) is 0. The molecule has 0 aromatic heterocycles. The van der Waals surface area contributed by atoms with Gasteiger partial charge in [-0.15, -0.1) is 0 Å². The van der Waals surface area contributed by atoms with Crippen molar-refractivity contribution in [3.63, 3.8) is 0 Å². The number of phenolic OH excluding ortho intramolecular Hbond substituents is 1. The summed E-state index contributed by atoms with van der Waals surface area (Å²) in [6.45, 7) is 0.545. The molecule has 92 valence electrons. The Labute approximate surface area is 98.6 Å². The Bertz CT molecular complexity index is 431. The fraction of sp³-hybridized carbons (Fsp3) is 0.417. The van der Waals surface area contributed by atoms with Crippen molar-refractivity contribution in [2.75, 3.05) is 6.54 Å². The lowest BCUT2D eigenvalue weighted by atomic mass is 9.81. The lowest BCUT2D eigenvalue weighted by Gasteiger charge is -2.32. The number of nitrogens with two attached hydrogens (primary N) is 1. The number of nitrogens with one attached hydrogen (secondary N) is 1. The molecule has 0 unspecified atom stereocenters. The largest absolute Gasteiger partial charge is 0.507 e. The van der Waals surface area contributed by atoms with Gasteiger partial charge in [-0.25, -0.2) is 4.39 Å². The predicted octanol–water partition coefficient (Wildman–Crippen LogP) is 0.998. The average Bonchev–Trinajstić information content (AvgIpc) is 2.22. The standard InChI is InChI=1S/C12H15FN2O2/c13-8-1-2-10(11(16)5-8)12(17)15-6-7-3-9(14)4-7/h1-2,5,7,9,16H,3-4,6,14H2,(H,15,17). The van der Waals surface area contributed by atoms with Crippen LogP contribution in [0.4, 0.5) is 4.39 Å². The minimum absolute atomic E-state index is 0.0926. The van der Waals surface area contributed by atoms with E-state index in [2.05, 4.69) is 5.32 Å². The molecule has 0 atom stereocenters. The monoisotopic (exact) mass is 238 g/mol. The molecule has 1 amide bonds. The maximum absolute atomic E-state index is 12.7. The van der Waals surface area contributed by atoms with Crippen LogP contribution in [0.15, 0.2) is 18.2 Å². The quantitative estimate of drug-likeness (QED) is 0.735. The van der Waals surface area contributed by atoms with Gasteiger partial charge in [0.1, 0.15) is 11.6 Å². The van der Waals surface area contributed by atoms with Gasteiger partial charge >= 0.3 is 0 Å². The molecule has 0 spiro atoms. The summed E-state index contributed by atoms with van der Waals surface area (Å²) in [5.41, 5.74) is 5.73. The number of carbonyl (C=O) groups is 1. The first-order chi connectivity index (χ1) is 8.06. The Kier molecular flexibility index (Phi) is 3.28. The molecule has 0 saturated heterocycles. The van der Waals surface area contributed by atoms with Gasteiger partial charge in [-0.3, -0.25) is 4.79 Å². The Balaban J connectivity index is 1.91. The van der Waals surface area contributed by atoms with Gasteiger partial charge in [-0.1, -0.05) is 0 Å². The zero-order chi connectivity index (χ0) is 12.4. The summed E-state index contributed by atoms with van der Waals surface area (Å²) in [5, 5.41) is 12.1. The molecule has 1 aromatic rings. The molecule has 1 fully saturated rings. The van der Waals surface area contributed by atoms with Gasteiger partial charge < -0.3 is 16.2 Å². The van der Waals surface area contributed by atoms with Gasteiger partial charge in [0, 0.05) is 18.7 Å². The molecule has 0 aliphatic heterocycles. The van der Waals surface area contributed by atoms with Crippen LogP contribution in [0.1, 0.15) is 23.2 Å². The Morgan fingerprint density at radius 2 is 2.24 bits per heavy atom. The molecule has 1 aromatic carbocycles. The number of hydrogen-bond donors (Lipinski definition) is 3. The molecule has 0 heterocycles. The summed E-state index contributed by atoms with van der Waals surface area (Å²) >= 11 is 0. The highest BCUT2D eigenvalue weighted by atomic mass is 19.1. The molecule has 17 heavy (non-hydrogen) atoms. The first-order valence-electron chi connectivity index (χ1n) is 5.58. The lowest BCUT2D eigenvalue weighted by Crippen LogP contribution is -2.42. The van der Waals surface area contributed by atoms with Gasteiger partial charge in [0.2, 0.25) is 0 Å². The third-order valence-electron chi connectivity index (χ3n) is 3.03. The van der Waals surface area contributed by atoms with Crippen LogP contribution >= 0.6 is 0 Å². The van der Waals surface area contributed by atoms with E-state index in [1.165, 1.54) is 6.07 Å². The van der Waals surface area contributed by atoms with E-state index >= 15 is 0 Å². The van der Waals surface area contributed by atoms with E-state index in [0.717, 1.165) is 25.0 Å². The fourth-order valence-corrected chi connectivity index (χ4v) is 1.98. The number of halogens is 1. The van der Waals surface area contributed by atoms with Crippen LogP contribution in [0.25, 0.3) is 0 Å². The lowest BCUT2D eigenvalue weighted by molar-refractivity contribution is 0.0932. The molecular formula is C12H15FN2O2. The molecule has 0 bridgehead atoms. The SMILES string of the molecule is NC1CC(CNC(=O)c2ccc(F)cc2O)C1. The van der Waals surface area contributed by atoms with E-state index < -0.39 is 5.82 Å². The first kappa shape index (κ1) is 11.9. The zero-order valence-electron chi connectivity index (χ0n) is 9.32. The summed E-state index contributed by atoms with van der Waals surface area (Å²) in [6, 6.07) is 3.59. The second kappa shape index (κ2) is 4.71. The summed E-state index contributed by atoms with van der Waals surface area (Å²) < 4.78 is 12.7. The van der Waals surface area contributed by atoms with Crippen molar-refractivity contribution in [2.45, 2.75) is 18.9 Å². The second-order valence-electron chi connectivity index (χ2n) is 4.47. The van der Waals surface area contributed by atoms with E-state index in [1.54, 1.807) is 0 Å². The number of phenols is 1. The van der Waals surface area contributed by atoms with E-state index in [-0.39, 0.29) is 23.3 Å². The number of aromatic hydroxyl groups is 1. The van der Waals surface area contributed by atoms with Crippen molar-refractivity contribution < 1.29 is 14.3 Å². The minimum Gasteiger partial charge on any atom is -0.507 e. The molecule has 1 saturated carbocycles. The summed E-state index contributed by atoms with van der Waals surface area (Å²) in [6.07, 6.45) is 1.82. The summed E-state index contributed by atoms with van der Waals surface area (Å²) in [5.74, 6) is -0.878. The number of hydrogen-bond acceptors (Lipinski definition) is 3. The number of amides is 1. The van der Waals surface area contributed by atoms with Crippen molar-refractivity contribution in [3.05, 3.63) is 29.6 Å². The minimum atomic E-state index is -0.566. The van der Waals surface area contributed by atoms with E-state index in [9.17, 15) is 14.3 Å². The Morgan fingerprint density at radius 3 is 2.82 bits per heavy atom. The van der Waals surface area contributed by atoms with Crippen molar-refractivity contribution in [3.8, 4) is 5.75 Å². The van der Waals surface area contributed by atoms with Crippen LogP contribution in [-0.4, -0.2) is 23.6 Å². The van der Waals surface area contributed by atoms with E-state index in [0.29, 0.717) is 12.5 Å². The molecule has 5 heteroatoms. The van der Waals surface area contributed by atoms with Crippen LogP contribution < -0.4 is 11.1 Å². The van der Waals surface area contributed by atoms with Gasteiger partial charge in [-0.05, 0) is 30.9 Å². The van der Waals surface area contributed by atoms with Crippen molar-refractivity contribution in [1.82, 2.24) is 5.32 Å². The Morgan fingerprint density at radius 1 is 1.53 bits per heavy atom. The van der Waals surface area contributed by atoms with Gasteiger partial charge in [-0.2, -0.15) is 0 Å². The molecular weight excluding hydrogens is 223 g/mol. The van der Waals surface area contributed by atoms with Crippen LogP contribution in [0, 0.1) is 11.7 Å². The van der Waals surface area contributed by atoms with Crippen LogP contribution in [0.3, 0.4) is 0 Å². The maximum atomic E-state index is 12.7. The van der Waals surface area contributed by atoms with Crippen molar-refractivity contribution >= 4 is 5.91 Å². The van der Waals surface area contributed by atoms with Crippen molar-refractivity contribution in [1.29, 1.82) is 0 Å². The van der Waals surface area contributed by atoms with Gasteiger partial charge in [0.15, 0.2) is 0 Å². The highest BCUT2D eigenvalue weighted by Gasteiger charge is 2.26. The Hall–Kier alpha value is -1.62. The van der Waals surface area contributed by atoms with Crippen molar-refractivity contribution in [2.24, 2.45) is 11.7 Å². The number of carbonyl (C=O) groups excluding carboxylic acids is 1. The maximum Gasteiger partial charge on any atom is 0.255 e. The highest BCUT2D eigenvalue weighted by molar-refractivity contribution is 5.96. The molecule has 2 rings (SSSR count). The third-order valence-corrected chi connectivity index (χ3v) is 3.03. The fourth-order valence-electron chi connectivity index (χ4n) is 1.98. The summed E-state index contributed by atoms with van der Waals surface area (Å²) in [4.78, 5) is 11.7. The molecule has 4 N–H and O–H groups in total. The van der Waals surface area contributed by atoms with Crippen LogP contribution in [0.5, 0.6) is 5.75 Å². The highest BCUT2D eigenvalue weighted by Crippen LogP contribution is 2.25. The predicted molar refractivity (Wildman–Crippen MR) is 61.1 cm³/mol. The average molecular weight is 238 g/mol. The zero-order valence-corrected chi connectivity index (χ0v) is 9.32. The third kappa shape index (κ3) is 2.74. The van der Waals surface area contributed by atoms with Crippen LogP contribution in [-0.2, 0) is 0 Å². The first-order valence-corrected chi connectivity index (χ1v) is 5.58. The normalized spacial score (nSPS) is 22.9. The second-order valence-corrected chi connectivity index (χ2v) is 4.47. The van der Waals surface area contributed by atoms with Gasteiger partial charge in [0.25, 0.3) is 5.91 Å². The molecule has 0 radical (unpaired) electrons. The van der Waals surface area contributed by atoms with E-state index in [4.69, 9.17) is 5.73 Å². The van der Waals surface area contributed by atoms with Crippen LogP contribution in [0.2, 0.25) is 0 Å². The van der Waals surface area contributed by atoms with Gasteiger partial charge in [0.05, 0.1) is 5.56 Å². The topological polar surface area (TPSA) is 75.3 Å². The number of benzene rings is 1. The van der Waals surface area contributed by atoms with E-state index in [1.807, 2.05) is 0 Å². The molecule has 4 nitrogen and oxygen atoms in total. The molecule has 1 aliphatic carbocycles. The number of rotatable bonds is 3. The molecule has 1 aliphatic rings. The smallest absolute Gasteiger partial charge is 0.255 e.